The summed E-state index contributed by atoms with van der Waals surface area (Å²) in [6.07, 6.45) is 2.19. The molecule has 0 amide bonds. The Kier molecular flexibility index (Phi) is 6.02. The van der Waals surface area contributed by atoms with E-state index < -0.39 is 6.17 Å². The van der Waals surface area contributed by atoms with Gasteiger partial charge in [-0.1, -0.05) is 6.07 Å². The van der Waals surface area contributed by atoms with E-state index in [2.05, 4.69) is 9.89 Å². The summed E-state index contributed by atoms with van der Waals surface area (Å²) in [5, 5.41) is 0. The van der Waals surface area contributed by atoms with E-state index in [-0.39, 0.29) is 6.79 Å². The first-order valence-corrected chi connectivity index (χ1v) is 10.9. The van der Waals surface area contributed by atoms with E-state index >= 15 is 0 Å². The average Bonchev–Trinajstić information content (AvgIpc) is 3.32. The molecule has 3 aliphatic rings. The number of fused-ring (bicyclic) bond motifs is 2. The maximum Gasteiger partial charge on any atom is 0.231 e. The molecule has 3 aliphatic heterocycles. The van der Waals surface area contributed by atoms with Gasteiger partial charge in [-0.05, 0) is 24.6 Å². The topological polar surface area (TPSA) is 91.0 Å². The Bertz CT molecular complexity index is 993. The normalized spacial score (nSPS) is 19.7. The molecule has 9 heteroatoms. The van der Waals surface area contributed by atoms with Crippen LogP contribution in [0, 0.1) is 0 Å². The maximum atomic E-state index is 6.62. The molecule has 1 fully saturated rings. The van der Waals surface area contributed by atoms with Gasteiger partial charge in [-0.3, -0.25) is 4.90 Å². The van der Waals surface area contributed by atoms with Gasteiger partial charge in [-0.25, -0.2) is 4.99 Å². The molecule has 1 atom stereocenters. The summed E-state index contributed by atoms with van der Waals surface area (Å²) in [6.45, 7) is 5.35. The van der Waals surface area contributed by atoms with E-state index in [1.165, 1.54) is 0 Å². The molecule has 0 spiro atoms. The second kappa shape index (κ2) is 9.23. The van der Waals surface area contributed by atoms with Crippen LogP contribution in [-0.2, 0) is 4.74 Å². The molecule has 0 bridgehead atoms. The lowest BCUT2D eigenvalue weighted by atomic mass is 10.1. The van der Waals surface area contributed by atoms with Gasteiger partial charge >= 0.3 is 0 Å². The fraction of sp³-hybridized carbons (Fsp3) is 0.435. The predicted octanol–water partition coefficient (Wildman–Crippen LogP) is 2.66. The lowest BCUT2D eigenvalue weighted by Crippen LogP contribution is -2.37. The SMILES string of the molecule is COc1cc2c(cc1OCCCN1CCOCC1)N=CN(c1cccc3c1OCO3)C2N. The van der Waals surface area contributed by atoms with Crippen LogP contribution in [0.4, 0.5) is 11.4 Å². The summed E-state index contributed by atoms with van der Waals surface area (Å²) in [7, 11) is 1.63. The number of hydrogen-bond acceptors (Lipinski definition) is 9. The van der Waals surface area contributed by atoms with Crippen molar-refractivity contribution >= 4 is 17.7 Å². The number of anilines is 1. The zero-order valence-corrected chi connectivity index (χ0v) is 18.2. The van der Waals surface area contributed by atoms with E-state index in [0.29, 0.717) is 29.6 Å². The van der Waals surface area contributed by atoms with E-state index in [0.717, 1.165) is 56.2 Å². The number of benzene rings is 2. The predicted molar refractivity (Wildman–Crippen MR) is 120 cm³/mol. The number of morpholine rings is 1. The van der Waals surface area contributed by atoms with Crippen LogP contribution in [0.15, 0.2) is 35.3 Å². The Morgan fingerprint density at radius 3 is 2.88 bits per heavy atom. The van der Waals surface area contributed by atoms with Crippen LogP contribution >= 0.6 is 0 Å². The maximum absolute atomic E-state index is 6.62. The Morgan fingerprint density at radius 1 is 1.16 bits per heavy atom. The van der Waals surface area contributed by atoms with Crippen molar-refractivity contribution in [2.45, 2.75) is 12.6 Å². The molecule has 170 valence electrons. The molecule has 9 nitrogen and oxygen atoms in total. The molecule has 1 unspecified atom stereocenters. The fourth-order valence-corrected chi connectivity index (χ4v) is 4.16. The number of methoxy groups -OCH3 is 1. The molecule has 0 aromatic heterocycles. The van der Waals surface area contributed by atoms with E-state index in [1.54, 1.807) is 13.4 Å². The number of hydrogen-bond donors (Lipinski definition) is 1. The summed E-state index contributed by atoms with van der Waals surface area (Å²) in [5.41, 5.74) is 9.05. The smallest absolute Gasteiger partial charge is 0.231 e. The molecule has 5 rings (SSSR count). The summed E-state index contributed by atoms with van der Waals surface area (Å²) in [5.74, 6) is 2.68. The number of nitrogens with zero attached hydrogens (tertiary/aromatic N) is 3. The standard InChI is InChI=1S/C23H28N4O5/c1-28-20-12-16-17(13-21(20)30-9-3-6-26-7-10-29-11-8-26)25-14-27(23(16)24)18-4-2-5-19-22(18)32-15-31-19/h2,4-5,12-14,23H,3,6-11,15,24H2,1H3. The number of ether oxygens (including phenoxy) is 5. The van der Waals surface area contributed by atoms with Crippen molar-refractivity contribution in [2.24, 2.45) is 10.7 Å². The average molecular weight is 441 g/mol. The first-order chi connectivity index (χ1) is 15.7. The van der Waals surface area contributed by atoms with Gasteiger partial charge in [0.15, 0.2) is 23.0 Å². The Morgan fingerprint density at radius 2 is 2.03 bits per heavy atom. The van der Waals surface area contributed by atoms with Gasteiger partial charge in [0.1, 0.15) is 6.17 Å². The highest BCUT2D eigenvalue weighted by Gasteiger charge is 2.29. The summed E-state index contributed by atoms with van der Waals surface area (Å²) < 4.78 is 28.2. The van der Waals surface area contributed by atoms with Gasteiger partial charge < -0.3 is 34.3 Å². The molecular weight excluding hydrogens is 412 g/mol. The molecule has 3 heterocycles. The Balaban J connectivity index is 1.30. The van der Waals surface area contributed by atoms with Crippen molar-refractivity contribution in [3.63, 3.8) is 0 Å². The van der Waals surface area contributed by atoms with Gasteiger partial charge in [0.25, 0.3) is 0 Å². The molecule has 0 saturated carbocycles. The molecular formula is C23H28N4O5. The highest BCUT2D eigenvalue weighted by atomic mass is 16.7. The van der Waals surface area contributed by atoms with Gasteiger partial charge in [-0.15, -0.1) is 0 Å². The number of rotatable bonds is 7. The zero-order chi connectivity index (χ0) is 21.9. The number of para-hydroxylation sites is 1. The van der Waals surface area contributed by atoms with Gasteiger partial charge in [0, 0.05) is 31.3 Å². The van der Waals surface area contributed by atoms with Gasteiger partial charge in [-0.2, -0.15) is 0 Å². The molecule has 0 radical (unpaired) electrons. The molecule has 2 aromatic rings. The first-order valence-electron chi connectivity index (χ1n) is 10.9. The third-order valence-corrected chi connectivity index (χ3v) is 5.89. The summed E-state index contributed by atoms with van der Waals surface area (Å²) >= 11 is 0. The minimum atomic E-state index is -0.456. The van der Waals surface area contributed by atoms with Crippen LogP contribution in [0.1, 0.15) is 18.2 Å². The minimum absolute atomic E-state index is 0.198. The zero-order valence-electron chi connectivity index (χ0n) is 18.2. The van der Waals surface area contributed by atoms with E-state index in [9.17, 15) is 0 Å². The summed E-state index contributed by atoms with van der Waals surface area (Å²) in [6, 6.07) is 9.52. The highest BCUT2D eigenvalue weighted by molar-refractivity contribution is 5.89. The Labute approximate surface area is 187 Å². The highest BCUT2D eigenvalue weighted by Crippen LogP contribution is 2.46. The van der Waals surface area contributed by atoms with Crippen LogP contribution in [-0.4, -0.2) is 64.6 Å². The minimum Gasteiger partial charge on any atom is -0.493 e. The van der Waals surface area contributed by atoms with E-state index in [1.807, 2.05) is 35.2 Å². The van der Waals surface area contributed by atoms with Gasteiger partial charge in [0.2, 0.25) is 6.79 Å². The van der Waals surface area contributed by atoms with E-state index in [4.69, 9.17) is 29.4 Å². The van der Waals surface area contributed by atoms with Crippen LogP contribution in [0.3, 0.4) is 0 Å². The molecule has 2 N–H and O–H groups in total. The fourth-order valence-electron chi connectivity index (χ4n) is 4.16. The first kappa shape index (κ1) is 20.9. The van der Waals surface area contributed by atoms with Crippen LogP contribution in [0.2, 0.25) is 0 Å². The second-order valence-corrected chi connectivity index (χ2v) is 7.83. The third kappa shape index (κ3) is 4.06. The summed E-state index contributed by atoms with van der Waals surface area (Å²) in [4.78, 5) is 8.90. The van der Waals surface area contributed by atoms with Crippen molar-refractivity contribution in [2.75, 3.05) is 58.3 Å². The van der Waals surface area contributed by atoms with Crippen LogP contribution in [0.5, 0.6) is 23.0 Å². The van der Waals surface area contributed by atoms with Crippen LogP contribution < -0.4 is 29.6 Å². The van der Waals surface area contributed by atoms with Crippen molar-refractivity contribution in [3.8, 4) is 23.0 Å². The second-order valence-electron chi connectivity index (χ2n) is 7.83. The number of aliphatic imine (C=N–C) groups is 1. The molecule has 32 heavy (non-hydrogen) atoms. The third-order valence-electron chi connectivity index (χ3n) is 5.89. The van der Waals surface area contributed by atoms with Crippen molar-refractivity contribution < 1.29 is 23.7 Å². The van der Waals surface area contributed by atoms with Crippen molar-refractivity contribution in [1.82, 2.24) is 4.90 Å². The van der Waals surface area contributed by atoms with Crippen molar-refractivity contribution in [1.29, 1.82) is 0 Å². The van der Waals surface area contributed by atoms with Crippen molar-refractivity contribution in [3.05, 3.63) is 35.9 Å². The van der Waals surface area contributed by atoms with Crippen LogP contribution in [0.25, 0.3) is 0 Å². The lowest BCUT2D eigenvalue weighted by molar-refractivity contribution is 0.0357. The molecule has 1 saturated heterocycles. The quantitative estimate of drug-likeness (QED) is 0.657. The largest absolute Gasteiger partial charge is 0.493 e. The Hall–Kier alpha value is -3.01. The van der Waals surface area contributed by atoms with Gasteiger partial charge in [0.05, 0.1) is 44.6 Å². The number of nitrogens with two attached hydrogens (primary N) is 1. The lowest BCUT2D eigenvalue weighted by Gasteiger charge is -2.32. The molecule has 2 aromatic carbocycles. The molecule has 0 aliphatic carbocycles. The monoisotopic (exact) mass is 440 g/mol.